The van der Waals surface area contributed by atoms with Gasteiger partial charge >= 0.3 is 5.97 Å². The SMILES string of the molecule is CCCN(C)c1ncc([N+](=O)[O-])cc1C(=O)O. The monoisotopic (exact) mass is 239 g/mol. The van der Waals surface area contributed by atoms with Gasteiger partial charge in [0.15, 0.2) is 0 Å². The number of hydrogen-bond acceptors (Lipinski definition) is 5. The van der Waals surface area contributed by atoms with Crippen molar-refractivity contribution in [2.45, 2.75) is 13.3 Å². The van der Waals surface area contributed by atoms with Gasteiger partial charge in [-0.1, -0.05) is 6.92 Å². The highest BCUT2D eigenvalue weighted by molar-refractivity contribution is 5.94. The standard InChI is InChI=1S/C10H13N3O4/c1-3-4-12(2)9-8(10(14)15)5-7(6-11-9)13(16)17/h5-6H,3-4H2,1-2H3,(H,14,15). The van der Waals surface area contributed by atoms with Crippen LogP contribution in [-0.4, -0.2) is 34.6 Å². The fourth-order valence-electron chi connectivity index (χ4n) is 1.45. The number of nitro groups is 1. The first-order valence-corrected chi connectivity index (χ1v) is 5.06. The van der Waals surface area contributed by atoms with Crippen LogP contribution in [0.5, 0.6) is 0 Å². The maximum absolute atomic E-state index is 11.0. The molecule has 7 nitrogen and oxygen atoms in total. The minimum Gasteiger partial charge on any atom is -0.478 e. The molecule has 0 saturated heterocycles. The lowest BCUT2D eigenvalue weighted by molar-refractivity contribution is -0.385. The first-order valence-electron chi connectivity index (χ1n) is 5.06. The molecule has 0 bridgehead atoms. The molecular weight excluding hydrogens is 226 g/mol. The Morgan fingerprint density at radius 2 is 2.29 bits per heavy atom. The molecule has 0 spiro atoms. The van der Waals surface area contributed by atoms with E-state index in [0.29, 0.717) is 6.54 Å². The Kier molecular flexibility index (Phi) is 3.97. The summed E-state index contributed by atoms with van der Waals surface area (Å²) in [6.07, 6.45) is 1.89. The summed E-state index contributed by atoms with van der Waals surface area (Å²) in [4.78, 5) is 26.4. The Morgan fingerprint density at radius 3 is 2.76 bits per heavy atom. The highest BCUT2D eigenvalue weighted by atomic mass is 16.6. The van der Waals surface area contributed by atoms with Gasteiger partial charge in [0.2, 0.25) is 0 Å². The average molecular weight is 239 g/mol. The van der Waals surface area contributed by atoms with Gasteiger partial charge in [-0.3, -0.25) is 10.1 Å². The van der Waals surface area contributed by atoms with Crippen molar-refractivity contribution in [1.82, 2.24) is 4.98 Å². The lowest BCUT2D eigenvalue weighted by Gasteiger charge is -2.18. The van der Waals surface area contributed by atoms with Gasteiger partial charge in [0.25, 0.3) is 5.69 Å². The maximum Gasteiger partial charge on any atom is 0.339 e. The summed E-state index contributed by atoms with van der Waals surface area (Å²) in [5.41, 5.74) is -0.480. The summed E-state index contributed by atoms with van der Waals surface area (Å²) in [7, 11) is 1.70. The third-order valence-corrected chi connectivity index (χ3v) is 2.21. The largest absolute Gasteiger partial charge is 0.478 e. The Morgan fingerprint density at radius 1 is 1.65 bits per heavy atom. The van der Waals surface area contributed by atoms with Crippen molar-refractivity contribution in [3.05, 3.63) is 27.9 Å². The second kappa shape index (κ2) is 5.24. The summed E-state index contributed by atoms with van der Waals surface area (Å²) in [6, 6.07) is 1.02. The highest BCUT2D eigenvalue weighted by Gasteiger charge is 2.19. The fraction of sp³-hybridized carbons (Fsp3) is 0.400. The van der Waals surface area contributed by atoms with E-state index < -0.39 is 10.9 Å². The molecule has 1 aromatic heterocycles. The van der Waals surface area contributed by atoms with Gasteiger partial charge < -0.3 is 10.0 Å². The Hall–Kier alpha value is -2.18. The molecule has 0 saturated carbocycles. The number of hydrogen-bond donors (Lipinski definition) is 1. The summed E-state index contributed by atoms with van der Waals surface area (Å²) in [5, 5.41) is 19.5. The smallest absolute Gasteiger partial charge is 0.339 e. The van der Waals surface area contributed by atoms with Gasteiger partial charge in [-0.25, -0.2) is 9.78 Å². The molecule has 0 amide bonds. The number of nitrogens with zero attached hydrogens (tertiary/aromatic N) is 3. The fourth-order valence-corrected chi connectivity index (χ4v) is 1.45. The van der Waals surface area contributed by atoms with Crippen LogP contribution in [0.1, 0.15) is 23.7 Å². The van der Waals surface area contributed by atoms with Crippen molar-refractivity contribution in [1.29, 1.82) is 0 Å². The molecule has 0 atom stereocenters. The van der Waals surface area contributed by atoms with Gasteiger partial charge in [-0.15, -0.1) is 0 Å². The highest BCUT2D eigenvalue weighted by Crippen LogP contribution is 2.21. The molecule has 1 rings (SSSR count). The van der Waals surface area contributed by atoms with E-state index in [1.807, 2.05) is 6.92 Å². The molecule has 7 heteroatoms. The molecule has 0 fully saturated rings. The summed E-state index contributed by atoms with van der Waals surface area (Å²) in [6.45, 7) is 2.58. The Balaban J connectivity index is 3.22. The van der Waals surface area contributed by atoms with E-state index in [1.54, 1.807) is 11.9 Å². The number of aromatic nitrogens is 1. The third-order valence-electron chi connectivity index (χ3n) is 2.21. The number of aromatic carboxylic acids is 1. The number of rotatable bonds is 5. The third kappa shape index (κ3) is 2.90. The van der Waals surface area contributed by atoms with E-state index in [4.69, 9.17) is 5.11 Å². The molecular formula is C10H13N3O4. The quantitative estimate of drug-likeness (QED) is 0.618. The van der Waals surface area contributed by atoms with Crippen LogP contribution in [0.2, 0.25) is 0 Å². The average Bonchev–Trinajstić information content (AvgIpc) is 2.28. The van der Waals surface area contributed by atoms with Gasteiger partial charge in [0, 0.05) is 19.7 Å². The van der Waals surface area contributed by atoms with Crippen LogP contribution in [0, 0.1) is 10.1 Å². The maximum atomic E-state index is 11.0. The minimum atomic E-state index is -1.22. The summed E-state index contributed by atoms with van der Waals surface area (Å²) < 4.78 is 0. The molecule has 0 aliphatic heterocycles. The molecule has 17 heavy (non-hydrogen) atoms. The Bertz CT molecular complexity index is 447. The van der Waals surface area contributed by atoms with Crippen molar-refractivity contribution in [2.75, 3.05) is 18.5 Å². The molecule has 0 radical (unpaired) electrons. The zero-order valence-electron chi connectivity index (χ0n) is 9.58. The molecule has 0 unspecified atom stereocenters. The minimum absolute atomic E-state index is 0.157. The molecule has 0 aliphatic carbocycles. The summed E-state index contributed by atoms with van der Waals surface area (Å²) in [5.74, 6) is -0.982. The summed E-state index contributed by atoms with van der Waals surface area (Å²) >= 11 is 0. The second-order valence-electron chi connectivity index (χ2n) is 3.55. The molecule has 0 aliphatic rings. The van der Waals surface area contributed by atoms with E-state index in [9.17, 15) is 14.9 Å². The van der Waals surface area contributed by atoms with E-state index in [1.165, 1.54) is 0 Å². The van der Waals surface area contributed by atoms with Gasteiger partial charge in [-0.05, 0) is 6.42 Å². The molecule has 1 N–H and O–H groups in total. The first kappa shape index (κ1) is 12.9. The number of carbonyl (C=O) groups is 1. The van der Waals surface area contributed by atoms with Crippen LogP contribution in [0.25, 0.3) is 0 Å². The van der Waals surface area contributed by atoms with E-state index in [2.05, 4.69) is 4.98 Å². The van der Waals surface area contributed by atoms with Crippen molar-refractivity contribution in [2.24, 2.45) is 0 Å². The van der Waals surface area contributed by atoms with Crippen LogP contribution >= 0.6 is 0 Å². The lowest BCUT2D eigenvalue weighted by atomic mass is 10.2. The molecule has 1 heterocycles. The van der Waals surface area contributed by atoms with Gasteiger partial charge in [0.1, 0.15) is 17.6 Å². The van der Waals surface area contributed by atoms with Crippen molar-refractivity contribution < 1.29 is 14.8 Å². The van der Waals surface area contributed by atoms with E-state index >= 15 is 0 Å². The normalized spacial score (nSPS) is 10.0. The van der Waals surface area contributed by atoms with Crippen molar-refractivity contribution >= 4 is 17.5 Å². The second-order valence-corrected chi connectivity index (χ2v) is 3.55. The molecule has 1 aromatic rings. The topological polar surface area (TPSA) is 96.6 Å². The molecule has 92 valence electrons. The van der Waals surface area contributed by atoms with Gasteiger partial charge in [-0.2, -0.15) is 0 Å². The van der Waals surface area contributed by atoms with Crippen molar-refractivity contribution in [3.63, 3.8) is 0 Å². The van der Waals surface area contributed by atoms with Crippen LogP contribution in [0.3, 0.4) is 0 Å². The van der Waals surface area contributed by atoms with Crippen molar-refractivity contribution in [3.8, 4) is 0 Å². The number of carboxylic acids is 1. The van der Waals surface area contributed by atoms with Crippen LogP contribution < -0.4 is 4.90 Å². The first-order chi connectivity index (χ1) is 7.97. The molecule has 0 aromatic carbocycles. The zero-order chi connectivity index (χ0) is 13.0. The lowest BCUT2D eigenvalue weighted by Crippen LogP contribution is -2.22. The predicted octanol–water partition coefficient (Wildman–Crippen LogP) is 1.53. The number of carboxylic acid groups (broad SMARTS) is 1. The van der Waals surface area contributed by atoms with E-state index in [-0.39, 0.29) is 17.1 Å². The zero-order valence-corrected chi connectivity index (χ0v) is 9.58. The predicted molar refractivity (Wildman–Crippen MR) is 61.4 cm³/mol. The number of anilines is 1. The Labute approximate surface area is 97.8 Å². The van der Waals surface area contributed by atoms with Gasteiger partial charge in [0.05, 0.1) is 4.92 Å². The van der Waals surface area contributed by atoms with Crippen LogP contribution in [0.15, 0.2) is 12.3 Å². The number of pyridine rings is 1. The van der Waals surface area contributed by atoms with Crippen LogP contribution in [-0.2, 0) is 0 Å². The van der Waals surface area contributed by atoms with E-state index in [0.717, 1.165) is 18.7 Å². The van der Waals surface area contributed by atoms with Crippen LogP contribution in [0.4, 0.5) is 11.5 Å².